The van der Waals surface area contributed by atoms with Crippen molar-refractivity contribution in [3.05, 3.63) is 32.7 Å². The van der Waals surface area contributed by atoms with Crippen molar-refractivity contribution in [2.45, 2.75) is 31.8 Å². The van der Waals surface area contributed by atoms with Gasteiger partial charge in [-0.05, 0) is 30.7 Å². The summed E-state index contributed by atoms with van der Waals surface area (Å²) in [6, 6.07) is -0.0462. The van der Waals surface area contributed by atoms with E-state index in [2.05, 4.69) is 5.32 Å². The molecule has 4 rings (SSSR count). The zero-order valence-electron chi connectivity index (χ0n) is 18.0. The normalized spacial score (nSPS) is 21.7. The van der Waals surface area contributed by atoms with E-state index >= 15 is 4.39 Å². The first kappa shape index (κ1) is 21.9. The number of amides is 2. The monoisotopic (exact) mass is 449 g/mol. The van der Waals surface area contributed by atoms with Crippen molar-refractivity contribution in [3.63, 3.8) is 0 Å². The summed E-state index contributed by atoms with van der Waals surface area (Å²) in [6.45, 7) is 3.08. The first-order valence-electron chi connectivity index (χ1n) is 10.5. The van der Waals surface area contributed by atoms with Crippen LogP contribution in [0.2, 0.25) is 0 Å². The van der Waals surface area contributed by atoms with E-state index in [0.29, 0.717) is 17.8 Å². The number of fused-ring (bicyclic) bond motifs is 1. The maximum atomic E-state index is 15.4. The molecule has 0 radical (unpaired) electrons. The van der Waals surface area contributed by atoms with Gasteiger partial charge < -0.3 is 32.3 Å². The van der Waals surface area contributed by atoms with Gasteiger partial charge in [-0.1, -0.05) is 6.92 Å². The molecule has 1 saturated heterocycles. The van der Waals surface area contributed by atoms with Gasteiger partial charge in [-0.25, -0.2) is 14.0 Å². The Morgan fingerprint density at radius 3 is 2.62 bits per heavy atom. The molecule has 2 heterocycles. The summed E-state index contributed by atoms with van der Waals surface area (Å²) in [5.41, 5.74) is 10.4. The minimum atomic E-state index is -0.780. The number of carbonyl (C=O) groups excluding carboxylic acids is 1. The van der Waals surface area contributed by atoms with Crippen LogP contribution >= 0.6 is 0 Å². The number of anilines is 1. The summed E-state index contributed by atoms with van der Waals surface area (Å²) in [7, 11) is 1.38. The number of primary amides is 1. The maximum absolute atomic E-state index is 15.4. The number of ether oxygens (including phenoxy) is 1. The number of hydrogen-bond donors (Lipinski definition) is 4. The molecule has 7 N–H and O–H groups in total. The van der Waals surface area contributed by atoms with Gasteiger partial charge in [0.2, 0.25) is 0 Å². The number of benzene rings is 1. The Balaban J connectivity index is 1.82. The van der Waals surface area contributed by atoms with E-state index in [9.17, 15) is 14.4 Å². The highest BCUT2D eigenvalue weighted by Gasteiger charge is 2.38. The van der Waals surface area contributed by atoms with Crippen LogP contribution < -0.4 is 43.5 Å². The molecule has 1 aliphatic carbocycles. The molecule has 174 valence electrons. The lowest BCUT2D eigenvalue weighted by atomic mass is 9.91. The van der Waals surface area contributed by atoms with Gasteiger partial charge in [-0.2, -0.15) is 4.68 Å². The molecule has 1 aliphatic heterocycles. The summed E-state index contributed by atoms with van der Waals surface area (Å²) in [6.07, 6.45) is 1.52. The molecule has 0 spiro atoms. The van der Waals surface area contributed by atoms with E-state index in [-0.39, 0.29) is 52.8 Å². The number of nitrogens with two attached hydrogens (primary N) is 3. The number of hydrogen-bond acceptors (Lipinski definition) is 7. The standard InChI is InChI=1S/C20H28FN7O4/c1-9-7-26(8-12(9)14(22)6-25-19(23)30)16-13(21)5-11-15(17(16)32-2)27(10-3-4-10)20(31)28(24)18(11)29/h5,9-10,12,14H,3-4,6-8,22,24H2,1-2H3,(H3,23,25,30)/t9-,12+,14?/m1/s1. The number of urea groups is 1. The van der Waals surface area contributed by atoms with Gasteiger partial charge in [0.05, 0.1) is 12.5 Å². The second kappa shape index (κ2) is 8.01. The molecule has 1 unspecified atom stereocenters. The third-order valence-corrected chi connectivity index (χ3v) is 6.45. The molecule has 12 heteroatoms. The van der Waals surface area contributed by atoms with E-state index < -0.39 is 23.1 Å². The summed E-state index contributed by atoms with van der Waals surface area (Å²) < 4.78 is 22.9. The van der Waals surface area contributed by atoms with Crippen LogP contribution in [0.1, 0.15) is 25.8 Å². The number of rotatable bonds is 6. The van der Waals surface area contributed by atoms with Gasteiger partial charge in [0.1, 0.15) is 11.2 Å². The van der Waals surface area contributed by atoms with E-state index in [1.165, 1.54) is 11.7 Å². The topological polar surface area (TPSA) is 164 Å². The Labute approximate surface area is 182 Å². The fourth-order valence-electron chi connectivity index (χ4n) is 4.70. The molecule has 2 aromatic rings. The average molecular weight is 449 g/mol. The second-order valence-corrected chi connectivity index (χ2v) is 8.65. The highest BCUT2D eigenvalue weighted by atomic mass is 19.1. The molecule has 0 bridgehead atoms. The molecule has 2 fully saturated rings. The Morgan fingerprint density at radius 1 is 1.34 bits per heavy atom. The molecule has 32 heavy (non-hydrogen) atoms. The average Bonchev–Trinajstić information content (AvgIpc) is 3.51. The van der Waals surface area contributed by atoms with Crippen molar-refractivity contribution in [3.8, 4) is 5.75 Å². The van der Waals surface area contributed by atoms with Gasteiger partial charge in [0, 0.05) is 31.7 Å². The Morgan fingerprint density at radius 2 is 2.03 bits per heavy atom. The predicted octanol–water partition coefficient (Wildman–Crippen LogP) is -0.572. The number of nitrogens with zero attached hydrogens (tertiary/aromatic N) is 3. The number of methoxy groups -OCH3 is 1. The first-order chi connectivity index (χ1) is 15.1. The van der Waals surface area contributed by atoms with E-state index in [0.717, 1.165) is 18.9 Å². The predicted molar refractivity (Wildman–Crippen MR) is 118 cm³/mol. The van der Waals surface area contributed by atoms with Crippen molar-refractivity contribution in [2.24, 2.45) is 23.3 Å². The summed E-state index contributed by atoms with van der Waals surface area (Å²) in [5, 5.41) is 2.50. The minimum absolute atomic E-state index is 0.0109. The highest BCUT2D eigenvalue weighted by Crippen LogP contribution is 2.44. The highest BCUT2D eigenvalue weighted by molar-refractivity contribution is 5.91. The maximum Gasteiger partial charge on any atom is 0.350 e. The van der Waals surface area contributed by atoms with Crippen LogP contribution in [0.25, 0.3) is 10.9 Å². The van der Waals surface area contributed by atoms with Gasteiger partial charge in [-0.3, -0.25) is 9.36 Å². The summed E-state index contributed by atoms with van der Waals surface area (Å²) in [4.78, 5) is 38.2. The number of aromatic nitrogens is 2. The fraction of sp³-hybridized carbons (Fsp3) is 0.550. The third-order valence-electron chi connectivity index (χ3n) is 6.45. The number of nitrogen functional groups attached to an aromatic ring is 1. The molecule has 2 amide bonds. The Kier molecular flexibility index (Phi) is 5.49. The molecular weight excluding hydrogens is 421 g/mol. The van der Waals surface area contributed by atoms with E-state index in [4.69, 9.17) is 22.0 Å². The van der Waals surface area contributed by atoms with Gasteiger partial charge in [0.15, 0.2) is 11.6 Å². The van der Waals surface area contributed by atoms with Crippen LogP contribution in [0.5, 0.6) is 5.75 Å². The Bertz CT molecular complexity index is 1190. The summed E-state index contributed by atoms with van der Waals surface area (Å²) in [5.74, 6) is 5.19. The van der Waals surface area contributed by atoms with Crippen LogP contribution in [-0.4, -0.2) is 48.1 Å². The lowest BCUT2D eigenvalue weighted by molar-refractivity contribution is 0.246. The van der Waals surface area contributed by atoms with Crippen LogP contribution in [-0.2, 0) is 0 Å². The van der Waals surface area contributed by atoms with E-state index in [1.807, 2.05) is 11.8 Å². The van der Waals surface area contributed by atoms with Crippen molar-refractivity contribution in [2.75, 3.05) is 37.5 Å². The zero-order chi connectivity index (χ0) is 23.3. The van der Waals surface area contributed by atoms with Crippen LogP contribution in [0.15, 0.2) is 15.7 Å². The van der Waals surface area contributed by atoms with Crippen molar-refractivity contribution in [1.29, 1.82) is 0 Å². The van der Waals surface area contributed by atoms with Gasteiger partial charge in [-0.15, -0.1) is 0 Å². The number of halogens is 1. The van der Waals surface area contributed by atoms with Crippen LogP contribution in [0.3, 0.4) is 0 Å². The SMILES string of the molecule is COc1c(N2C[C@@H](C)[C@@H](C(N)CNC(N)=O)C2)c(F)cc2c(=O)n(N)c(=O)n(C3CC3)c12. The van der Waals surface area contributed by atoms with Crippen molar-refractivity contribution >= 4 is 22.6 Å². The smallest absolute Gasteiger partial charge is 0.350 e. The van der Waals surface area contributed by atoms with Crippen molar-refractivity contribution < 1.29 is 13.9 Å². The van der Waals surface area contributed by atoms with E-state index in [1.54, 1.807) is 0 Å². The fourth-order valence-corrected chi connectivity index (χ4v) is 4.70. The second-order valence-electron chi connectivity index (χ2n) is 8.65. The third kappa shape index (κ3) is 3.53. The molecule has 1 aromatic heterocycles. The lowest BCUT2D eigenvalue weighted by Gasteiger charge is -2.25. The van der Waals surface area contributed by atoms with Crippen molar-refractivity contribution in [1.82, 2.24) is 14.6 Å². The first-order valence-corrected chi connectivity index (χ1v) is 10.5. The zero-order valence-corrected chi connectivity index (χ0v) is 18.0. The van der Waals surface area contributed by atoms with Crippen LogP contribution in [0, 0.1) is 17.7 Å². The largest absolute Gasteiger partial charge is 0.492 e. The molecule has 1 aromatic carbocycles. The molecular formula is C20H28FN7O4. The van der Waals surface area contributed by atoms with Gasteiger partial charge >= 0.3 is 11.7 Å². The Hall–Kier alpha value is -3.28. The molecule has 1 saturated carbocycles. The lowest BCUT2D eigenvalue weighted by Crippen LogP contribution is -2.46. The number of carbonyl (C=O) groups is 1. The van der Waals surface area contributed by atoms with Gasteiger partial charge in [0.25, 0.3) is 5.56 Å². The summed E-state index contributed by atoms with van der Waals surface area (Å²) >= 11 is 0. The number of nitrogens with one attached hydrogen (secondary N) is 1. The quantitative estimate of drug-likeness (QED) is 0.429. The molecule has 2 aliphatic rings. The molecule has 11 nitrogen and oxygen atoms in total. The molecule has 3 atom stereocenters. The minimum Gasteiger partial charge on any atom is -0.492 e. The van der Waals surface area contributed by atoms with Crippen LogP contribution in [0.4, 0.5) is 14.9 Å².